The van der Waals surface area contributed by atoms with Crippen molar-refractivity contribution in [2.24, 2.45) is 0 Å². The van der Waals surface area contributed by atoms with Crippen molar-refractivity contribution in [2.45, 2.75) is 5.51 Å². The van der Waals surface area contributed by atoms with Gasteiger partial charge in [-0.15, -0.1) is 0 Å². The molecular weight excluding hydrogens is 295 g/mol. The van der Waals surface area contributed by atoms with Gasteiger partial charge in [0.2, 0.25) is 0 Å². The Morgan fingerprint density at radius 1 is 1.00 bits per heavy atom. The SMILES string of the molecule is COc1ccc(OC)c2c(OSC(F)(F)F)ccnc12. The minimum absolute atomic E-state index is 0.00748. The maximum absolute atomic E-state index is 12.2. The summed E-state index contributed by atoms with van der Waals surface area (Å²) in [6, 6.07) is 4.53. The van der Waals surface area contributed by atoms with Crippen LogP contribution in [-0.2, 0) is 0 Å². The minimum Gasteiger partial charge on any atom is -0.496 e. The molecule has 4 nitrogen and oxygen atoms in total. The lowest BCUT2D eigenvalue weighted by atomic mass is 10.1. The molecule has 0 N–H and O–H groups in total. The van der Waals surface area contributed by atoms with Crippen molar-refractivity contribution >= 4 is 22.9 Å². The Bertz CT molecular complexity index is 619. The molecule has 0 aliphatic rings. The Kier molecular flexibility index (Phi) is 4.12. The second-order valence-corrected chi connectivity index (χ2v) is 4.41. The Labute approximate surface area is 117 Å². The van der Waals surface area contributed by atoms with E-state index in [1.165, 1.54) is 26.5 Å². The van der Waals surface area contributed by atoms with Gasteiger partial charge in [0.15, 0.2) is 17.8 Å². The van der Waals surface area contributed by atoms with Crippen molar-refractivity contribution in [3.8, 4) is 17.2 Å². The molecule has 0 spiro atoms. The largest absolute Gasteiger partial charge is 0.496 e. The molecular formula is C12H10F3NO3S. The second kappa shape index (κ2) is 5.66. The lowest BCUT2D eigenvalue weighted by Gasteiger charge is -2.13. The summed E-state index contributed by atoms with van der Waals surface area (Å²) in [7, 11) is 2.86. The number of fused-ring (bicyclic) bond motifs is 1. The van der Waals surface area contributed by atoms with E-state index in [9.17, 15) is 13.2 Å². The number of nitrogens with zero attached hydrogens (tertiary/aromatic N) is 1. The molecule has 108 valence electrons. The Morgan fingerprint density at radius 3 is 2.25 bits per heavy atom. The van der Waals surface area contributed by atoms with Gasteiger partial charge in [0.1, 0.15) is 17.0 Å². The van der Waals surface area contributed by atoms with Crippen LogP contribution in [-0.4, -0.2) is 24.7 Å². The van der Waals surface area contributed by atoms with Crippen LogP contribution in [0.1, 0.15) is 0 Å². The van der Waals surface area contributed by atoms with Gasteiger partial charge in [-0.05, 0) is 12.1 Å². The van der Waals surface area contributed by atoms with Gasteiger partial charge in [-0.2, -0.15) is 13.2 Å². The smallest absolute Gasteiger partial charge is 0.479 e. The summed E-state index contributed by atoms with van der Waals surface area (Å²) < 4.78 is 51.7. The van der Waals surface area contributed by atoms with Gasteiger partial charge in [0.25, 0.3) is 0 Å². The summed E-state index contributed by atoms with van der Waals surface area (Å²) in [5.41, 5.74) is -4.13. The normalized spacial score (nSPS) is 11.4. The number of rotatable bonds is 4. The summed E-state index contributed by atoms with van der Waals surface area (Å²) >= 11 is -0.590. The predicted octanol–water partition coefficient (Wildman–Crippen LogP) is 3.80. The summed E-state index contributed by atoms with van der Waals surface area (Å²) in [4.78, 5) is 4.09. The molecule has 0 fully saturated rings. The fraction of sp³-hybridized carbons (Fsp3) is 0.250. The van der Waals surface area contributed by atoms with E-state index >= 15 is 0 Å². The van der Waals surface area contributed by atoms with E-state index in [1.54, 1.807) is 12.1 Å². The van der Waals surface area contributed by atoms with Crippen molar-refractivity contribution in [3.05, 3.63) is 24.4 Å². The number of halogens is 3. The zero-order valence-corrected chi connectivity index (χ0v) is 11.3. The number of benzene rings is 1. The lowest BCUT2D eigenvalue weighted by Crippen LogP contribution is -2.03. The third-order valence-electron chi connectivity index (χ3n) is 2.44. The fourth-order valence-corrected chi connectivity index (χ4v) is 2.00. The van der Waals surface area contributed by atoms with Gasteiger partial charge in [0, 0.05) is 12.3 Å². The van der Waals surface area contributed by atoms with Crippen LogP contribution in [0.15, 0.2) is 24.4 Å². The molecule has 1 heterocycles. The number of methoxy groups -OCH3 is 2. The van der Waals surface area contributed by atoms with Gasteiger partial charge in [-0.1, -0.05) is 0 Å². The number of pyridine rings is 1. The molecule has 1 aromatic heterocycles. The van der Waals surface area contributed by atoms with Gasteiger partial charge >= 0.3 is 5.51 Å². The first-order valence-electron chi connectivity index (χ1n) is 5.38. The lowest BCUT2D eigenvalue weighted by molar-refractivity contribution is -0.0369. The van der Waals surface area contributed by atoms with E-state index < -0.39 is 17.6 Å². The van der Waals surface area contributed by atoms with Crippen molar-refractivity contribution in [3.63, 3.8) is 0 Å². The first kappa shape index (κ1) is 14.6. The van der Waals surface area contributed by atoms with Crippen molar-refractivity contribution in [1.82, 2.24) is 4.98 Å². The van der Waals surface area contributed by atoms with E-state index in [1.807, 2.05) is 0 Å². The van der Waals surface area contributed by atoms with E-state index in [0.29, 0.717) is 22.4 Å². The van der Waals surface area contributed by atoms with E-state index in [0.717, 1.165) is 0 Å². The molecule has 2 aromatic rings. The standard InChI is InChI=1S/C12H10F3NO3S/c1-17-7-3-4-9(18-2)11-10(7)8(5-6-16-11)19-20-12(13,14)15/h3-6H,1-2H3. The maximum atomic E-state index is 12.2. The van der Waals surface area contributed by atoms with Crippen molar-refractivity contribution < 1.29 is 26.8 Å². The number of hydrogen-bond acceptors (Lipinski definition) is 5. The van der Waals surface area contributed by atoms with Crippen LogP contribution in [0.3, 0.4) is 0 Å². The van der Waals surface area contributed by atoms with Crippen LogP contribution in [0.25, 0.3) is 10.9 Å². The quantitative estimate of drug-likeness (QED) is 0.804. The average molecular weight is 305 g/mol. The van der Waals surface area contributed by atoms with Gasteiger partial charge in [-0.3, -0.25) is 4.98 Å². The topological polar surface area (TPSA) is 40.6 Å². The first-order valence-corrected chi connectivity index (χ1v) is 6.12. The molecule has 1 aromatic carbocycles. The molecule has 0 saturated heterocycles. The average Bonchev–Trinajstić information content (AvgIpc) is 2.42. The molecule has 0 radical (unpaired) electrons. The van der Waals surface area contributed by atoms with Gasteiger partial charge < -0.3 is 13.7 Å². The zero-order chi connectivity index (χ0) is 14.8. The Morgan fingerprint density at radius 2 is 1.65 bits per heavy atom. The zero-order valence-electron chi connectivity index (χ0n) is 10.5. The highest BCUT2D eigenvalue weighted by Crippen LogP contribution is 2.41. The number of hydrogen-bond donors (Lipinski definition) is 0. The summed E-state index contributed by atoms with van der Waals surface area (Å²) in [5, 5.41) is 0.325. The molecule has 8 heteroatoms. The Balaban J connectivity index is 2.54. The Hall–Kier alpha value is -1.83. The highest BCUT2D eigenvalue weighted by Gasteiger charge is 2.32. The summed E-state index contributed by atoms with van der Waals surface area (Å²) in [6.45, 7) is 0. The number of alkyl halides is 3. The van der Waals surface area contributed by atoms with Crippen LogP contribution in [0.4, 0.5) is 13.2 Å². The van der Waals surface area contributed by atoms with E-state index in [-0.39, 0.29) is 5.75 Å². The van der Waals surface area contributed by atoms with Gasteiger partial charge in [0.05, 0.1) is 19.6 Å². The van der Waals surface area contributed by atoms with Gasteiger partial charge in [-0.25, -0.2) is 0 Å². The second-order valence-electron chi connectivity index (χ2n) is 3.62. The molecule has 0 saturated carbocycles. The first-order chi connectivity index (χ1) is 9.46. The maximum Gasteiger partial charge on any atom is 0.479 e. The molecule has 2 rings (SSSR count). The van der Waals surface area contributed by atoms with E-state index in [2.05, 4.69) is 4.98 Å². The minimum atomic E-state index is -4.50. The third kappa shape index (κ3) is 3.01. The highest BCUT2D eigenvalue weighted by atomic mass is 32.2. The molecule has 0 aliphatic carbocycles. The van der Waals surface area contributed by atoms with Crippen LogP contribution >= 0.6 is 12.0 Å². The number of aromatic nitrogens is 1. The van der Waals surface area contributed by atoms with Crippen molar-refractivity contribution in [2.75, 3.05) is 14.2 Å². The van der Waals surface area contributed by atoms with Crippen LogP contribution in [0, 0.1) is 0 Å². The molecule has 0 amide bonds. The van der Waals surface area contributed by atoms with Crippen LogP contribution < -0.4 is 13.7 Å². The monoisotopic (exact) mass is 305 g/mol. The van der Waals surface area contributed by atoms with Crippen LogP contribution in [0.5, 0.6) is 17.2 Å². The fourth-order valence-electron chi connectivity index (χ4n) is 1.68. The molecule has 0 atom stereocenters. The summed E-state index contributed by atoms with van der Waals surface area (Å²) in [6.07, 6.45) is 1.34. The molecule has 0 bridgehead atoms. The number of ether oxygens (including phenoxy) is 2. The molecule has 0 aliphatic heterocycles. The summed E-state index contributed by atoms with van der Waals surface area (Å²) in [5.74, 6) is 0.781. The third-order valence-corrected chi connectivity index (χ3v) is 2.90. The van der Waals surface area contributed by atoms with E-state index in [4.69, 9.17) is 13.7 Å². The molecule has 20 heavy (non-hydrogen) atoms. The van der Waals surface area contributed by atoms with Crippen molar-refractivity contribution in [1.29, 1.82) is 0 Å². The highest BCUT2D eigenvalue weighted by molar-refractivity contribution is 7.95. The molecule has 0 unspecified atom stereocenters. The van der Waals surface area contributed by atoms with Crippen LogP contribution in [0.2, 0.25) is 0 Å². The predicted molar refractivity (Wildman–Crippen MR) is 69.1 cm³/mol.